The average Bonchev–Trinajstić information content (AvgIpc) is 3.29. The van der Waals surface area contributed by atoms with Gasteiger partial charge in [-0.2, -0.15) is 5.10 Å². The maximum Gasteiger partial charge on any atom is 0.355 e. The van der Waals surface area contributed by atoms with Crippen LogP contribution in [0.2, 0.25) is 0 Å². The standard InChI is InChI=1S/C24H36N2O3/c1-6-24(7-2,28-5)20-14-11-15-26(20)25-22-21(18-12-9-8-10-13-18)19(16-17(3)4)29-23(22)27/h8-10,12-13,17,19-21H,6-7,11,14-16H2,1-5H3/b25-22+/t19-,20+,21-/m1/s1. The Morgan fingerprint density at radius 3 is 2.52 bits per heavy atom. The van der Waals surface area contributed by atoms with E-state index < -0.39 is 0 Å². The fourth-order valence-corrected chi connectivity index (χ4v) is 5.04. The molecule has 0 bridgehead atoms. The lowest BCUT2D eigenvalue weighted by Gasteiger charge is -2.40. The van der Waals surface area contributed by atoms with Crippen LogP contribution in [0.3, 0.4) is 0 Å². The summed E-state index contributed by atoms with van der Waals surface area (Å²) in [7, 11) is 1.80. The van der Waals surface area contributed by atoms with E-state index in [1.807, 2.05) is 18.2 Å². The molecule has 0 spiro atoms. The topological polar surface area (TPSA) is 51.1 Å². The molecule has 0 N–H and O–H groups in total. The summed E-state index contributed by atoms with van der Waals surface area (Å²) in [5.74, 6) is 0.0536. The van der Waals surface area contributed by atoms with E-state index >= 15 is 0 Å². The molecule has 0 aromatic heterocycles. The van der Waals surface area contributed by atoms with Gasteiger partial charge in [0, 0.05) is 13.7 Å². The second kappa shape index (κ2) is 9.29. The fraction of sp³-hybridized carbons (Fsp3) is 0.667. The summed E-state index contributed by atoms with van der Waals surface area (Å²) in [4.78, 5) is 12.9. The molecule has 0 amide bonds. The number of hydrogen-bond acceptors (Lipinski definition) is 5. The van der Waals surface area contributed by atoms with Crippen LogP contribution in [-0.4, -0.2) is 48.1 Å². The normalized spacial score (nSPS) is 26.6. The first kappa shape index (κ1) is 21.8. The Bertz CT molecular complexity index is 704. The van der Waals surface area contributed by atoms with E-state index in [2.05, 4.69) is 44.8 Å². The highest BCUT2D eigenvalue weighted by Crippen LogP contribution is 2.38. The molecule has 2 fully saturated rings. The Kier molecular flexibility index (Phi) is 6.99. The molecular formula is C24H36N2O3. The van der Waals surface area contributed by atoms with Gasteiger partial charge in [-0.3, -0.25) is 5.01 Å². The van der Waals surface area contributed by atoms with E-state index in [0.717, 1.165) is 44.2 Å². The summed E-state index contributed by atoms with van der Waals surface area (Å²) in [6.07, 6.45) is 4.62. The van der Waals surface area contributed by atoms with Crippen LogP contribution in [0.4, 0.5) is 0 Å². The van der Waals surface area contributed by atoms with Crippen LogP contribution >= 0.6 is 0 Å². The zero-order valence-electron chi connectivity index (χ0n) is 18.6. The lowest BCUT2D eigenvalue weighted by molar-refractivity contribution is -0.137. The van der Waals surface area contributed by atoms with Crippen LogP contribution in [0.25, 0.3) is 0 Å². The zero-order chi connectivity index (χ0) is 21.0. The monoisotopic (exact) mass is 400 g/mol. The lowest BCUT2D eigenvalue weighted by Crippen LogP contribution is -2.49. The molecule has 29 heavy (non-hydrogen) atoms. The van der Waals surface area contributed by atoms with Crippen molar-refractivity contribution in [2.24, 2.45) is 11.0 Å². The Hall–Kier alpha value is -1.88. The third-order valence-electron chi connectivity index (χ3n) is 6.67. The second-order valence-electron chi connectivity index (χ2n) is 8.74. The number of esters is 1. The van der Waals surface area contributed by atoms with Crippen molar-refractivity contribution in [3.63, 3.8) is 0 Å². The van der Waals surface area contributed by atoms with Gasteiger partial charge in [0.05, 0.1) is 17.6 Å². The van der Waals surface area contributed by atoms with Gasteiger partial charge in [-0.05, 0) is 43.6 Å². The number of carbonyl (C=O) groups is 1. The number of methoxy groups -OCH3 is 1. The van der Waals surface area contributed by atoms with E-state index in [9.17, 15) is 4.79 Å². The van der Waals surface area contributed by atoms with Gasteiger partial charge in [0.25, 0.3) is 0 Å². The zero-order valence-corrected chi connectivity index (χ0v) is 18.6. The van der Waals surface area contributed by atoms with Gasteiger partial charge in [0.2, 0.25) is 0 Å². The van der Waals surface area contributed by atoms with Crippen molar-refractivity contribution in [2.75, 3.05) is 13.7 Å². The summed E-state index contributed by atoms with van der Waals surface area (Å²) < 4.78 is 11.8. The van der Waals surface area contributed by atoms with Gasteiger partial charge in [-0.15, -0.1) is 0 Å². The molecule has 0 radical (unpaired) electrons. The van der Waals surface area contributed by atoms with Gasteiger partial charge in [-0.1, -0.05) is 58.0 Å². The Morgan fingerprint density at radius 2 is 1.93 bits per heavy atom. The number of benzene rings is 1. The molecule has 0 unspecified atom stereocenters. The predicted molar refractivity (Wildman–Crippen MR) is 116 cm³/mol. The number of nitrogens with zero attached hydrogens (tertiary/aromatic N) is 2. The molecule has 1 aromatic carbocycles. The smallest absolute Gasteiger partial charge is 0.355 e. The maximum atomic E-state index is 12.9. The molecule has 2 aliphatic heterocycles. The molecule has 5 heteroatoms. The average molecular weight is 401 g/mol. The summed E-state index contributed by atoms with van der Waals surface area (Å²) in [5, 5.41) is 7.07. The Balaban J connectivity index is 1.97. The minimum atomic E-state index is -0.272. The van der Waals surface area contributed by atoms with Crippen molar-refractivity contribution < 1.29 is 14.3 Å². The van der Waals surface area contributed by atoms with E-state index in [4.69, 9.17) is 14.6 Å². The van der Waals surface area contributed by atoms with Crippen LogP contribution in [0.15, 0.2) is 35.4 Å². The van der Waals surface area contributed by atoms with Crippen LogP contribution in [0, 0.1) is 5.92 Å². The quantitative estimate of drug-likeness (QED) is 0.590. The molecular weight excluding hydrogens is 364 g/mol. The molecule has 2 saturated heterocycles. The van der Waals surface area contributed by atoms with Gasteiger partial charge in [-0.25, -0.2) is 4.79 Å². The fourth-order valence-electron chi connectivity index (χ4n) is 5.04. The molecule has 1 aromatic rings. The van der Waals surface area contributed by atoms with E-state index in [-0.39, 0.29) is 29.6 Å². The molecule has 160 valence electrons. The largest absolute Gasteiger partial charge is 0.457 e. The first-order chi connectivity index (χ1) is 14.0. The van der Waals surface area contributed by atoms with Crippen molar-refractivity contribution in [3.8, 4) is 0 Å². The van der Waals surface area contributed by atoms with E-state index in [1.165, 1.54) is 0 Å². The molecule has 0 aliphatic carbocycles. The van der Waals surface area contributed by atoms with Crippen LogP contribution in [0.1, 0.15) is 71.3 Å². The van der Waals surface area contributed by atoms with Crippen molar-refractivity contribution >= 4 is 11.7 Å². The Morgan fingerprint density at radius 1 is 1.24 bits per heavy atom. The third kappa shape index (κ3) is 4.35. The number of rotatable bonds is 8. The summed E-state index contributed by atoms with van der Waals surface area (Å²) in [5.41, 5.74) is 1.41. The van der Waals surface area contributed by atoms with Gasteiger partial charge in [0.15, 0.2) is 5.71 Å². The SMILES string of the molecule is CCC(CC)(OC)[C@@H]1CCCN1/N=C1/C(=O)O[C@H](CC(C)C)[C@H]1c1ccccc1. The number of hydrogen-bond donors (Lipinski definition) is 0. The minimum Gasteiger partial charge on any atom is -0.457 e. The van der Waals surface area contributed by atoms with E-state index in [1.54, 1.807) is 7.11 Å². The number of hydrazone groups is 1. The Labute approximate surface area is 175 Å². The van der Waals surface area contributed by atoms with Crippen molar-refractivity contribution in [1.29, 1.82) is 0 Å². The molecule has 2 heterocycles. The number of ether oxygens (including phenoxy) is 2. The summed E-state index contributed by atoms with van der Waals surface area (Å²) in [6, 6.07) is 10.4. The molecule has 0 saturated carbocycles. The van der Waals surface area contributed by atoms with E-state index in [0.29, 0.717) is 11.6 Å². The minimum absolute atomic E-state index is 0.118. The lowest BCUT2D eigenvalue weighted by atomic mass is 9.86. The summed E-state index contributed by atoms with van der Waals surface area (Å²) in [6.45, 7) is 9.52. The van der Waals surface area contributed by atoms with Crippen molar-refractivity contribution in [2.45, 2.75) is 83.5 Å². The molecule has 3 atom stereocenters. The molecule has 5 nitrogen and oxygen atoms in total. The van der Waals surface area contributed by atoms with Crippen molar-refractivity contribution in [1.82, 2.24) is 5.01 Å². The number of carbonyl (C=O) groups excluding carboxylic acids is 1. The van der Waals surface area contributed by atoms with Crippen LogP contribution in [0.5, 0.6) is 0 Å². The predicted octanol–water partition coefficient (Wildman–Crippen LogP) is 4.77. The van der Waals surface area contributed by atoms with Gasteiger partial charge in [0.1, 0.15) is 6.10 Å². The van der Waals surface area contributed by atoms with Gasteiger partial charge >= 0.3 is 5.97 Å². The highest BCUT2D eigenvalue weighted by molar-refractivity contribution is 6.40. The highest BCUT2D eigenvalue weighted by atomic mass is 16.6. The van der Waals surface area contributed by atoms with Crippen molar-refractivity contribution in [3.05, 3.63) is 35.9 Å². The maximum absolute atomic E-state index is 12.9. The summed E-state index contributed by atoms with van der Waals surface area (Å²) >= 11 is 0. The molecule has 3 rings (SSSR count). The number of cyclic esters (lactones) is 1. The van der Waals surface area contributed by atoms with Gasteiger partial charge < -0.3 is 9.47 Å². The van der Waals surface area contributed by atoms with Crippen LogP contribution in [-0.2, 0) is 14.3 Å². The third-order valence-corrected chi connectivity index (χ3v) is 6.67. The highest BCUT2D eigenvalue weighted by Gasteiger charge is 2.46. The molecule has 2 aliphatic rings. The first-order valence-corrected chi connectivity index (χ1v) is 11.1. The first-order valence-electron chi connectivity index (χ1n) is 11.1. The second-order valence-corrected chi connectivity index (χ2v) is 8.74. The van der Waals surface area contributed by atoms with Crippen LogP contribution < -0.4 is 0 Å².